The van der Waals surface area contributed by atoms with E-state index in [1.807, 2.05) is 26.0 Å². The molecule has 18 heavy (non-hydrogen) atoms. The number of methoxy groups -OCH3 is 2. The van der Waals surface area contributed by atoms with Crippen LogP contribution in [0.2, 0.25) is 0 Å². The predicted molar refractivity (Wildman–Crippen MR) is 74.3 cm³/mol. The molecule has 1 heterocycles. The number of imidazole rings is 1. The Kier molecular flexibility index (Phi) is 3.61. The van der Waals surface area contributed by atoms with Crippen molar-refractivity contribution in [2.24, 2.45) is 0 Å². The summed E-state index contributed by atoms with van der Waals surface area (Å²) in [7, 11) is 3.31. The van der Waals surface area contributed by atoms with Crippen LogP contribution in [-0.4, -0.2) is 24.2 Å². The van der Waals surface area contributed by atoms with Crippen LogP contribution in [0.4, 0.5) is 0 Å². The molecule has 0 saturated carbocycles. The molecule has 1 aromatic heterocycles. The maximum atomic E-state index is 5.41. The second-order valence-electron chi connectivity index (χ2n) is 4.01. The van der Waals surface area contributed by atoms with E-state index in [4.69, 9.17) is 9.47 Å². The minimum Gasteiger partial charge on any atom is -0.496 e. The number of nitrogens with one attached hydrogen (secondary N) is 1. The summed E-state index contributed by atoms with van der Waals surface area (Å²) in [5.74, 6) is 2.44. The van der Waals surface area contributed by atoms with Crippen molar-refractivity contribution >= 4 is 15.9 Å². The highest BCUT2D eigenvalue weighted by atomic mass is 79.9. The molecule has 2 aromatic rings. The van der Waals surface area contributed by atoms with Crippen LogP contribution in [0.15, 0.2) is 16.7 Å². The van der Waals surface area contributed by atoms with Gasteiger partial charge < -0.3 is 14.5 Å². The topological polar surface area (TPSA) is 47.1 Å². The van der Waals surface area contributed by atoms with E-state index in [0.717, 1.165) is 38.7 Å². The van der Waals surface area contributed by atoms with Gasteiger partial charge in [-0.2, -0.15) is 0 Å². The lowest BCUT2D eigenvalue weighted by Gasteiger charge is -2.11. The Morgan fingerprint density at radius 1 is 1.11 bits per heavy atom. The van der Waals surface area contributed by atoms with E-state index in [1.165, 1.54) is 0 Å². The number of ether oxygens (including phenoxy) is 2. The summed E-state index contributed by atoms with van der Waals surface area (Å²) < 4.78 is 11.6. The minimum atomic E-state index is 0.778. The molecule has 0 fully saturated rings. The van der Waals surface area contributed by atoms with Crippen LogP contribution in [-0.2, 0) is 0 Å². The Hall–Kier alpha value is -1.49. The van der Waals surface area contributed by atoms with Crippen LogP contribution in [0, 0.1) is 13.8 Å². The maximum absolute atomic E-state index is 5.41. The van der Waals surface area contributed by atoms with Crippen molar-refractivity contribution in [2.45, 2.75) is 13.8 Å². The first-order valence-corrected chi connectivity index (χ1v) is 6.31. The smallest absolute Gasteiger partial charge is 0.128 e. The van der Waals surface area contributed by atoms with Gasteiger partial charge in [0.25, 0.3) is 0 Å². The number of nitrogens with zero attached hydrogens (tertiary/aromatic N) is 1. The van der Waals surface area contributed by atoms with E-state index in [0.29, 0.717) is 0 Å². The summed E-state index contributed by atoms with van der Waals surface area (Å²) in [4.78, 5) is 7.57. The Labute approximate surface area is 114 Å². The summed E-state index contributed by atoms with van der Waals surface area (Å²) in [5.41, 5.74) is 2.75. The van der Waals surface area contributed by atoms with Gasteiger partial charge in [-0.25, -0.2) is 4.98 Å². The van der Waals surface area contributed by atoms with E-state index < -0.39 is 0 Å². The van der Waals surface area contributed by atoms with Gasteiger partial charge in [0.05, 0.1) is 14.2 Å². The number of halogens is 1. The average Bonchev–Trinajstić information content (AvgIpc) is 2.68. The monoisotopic (exact) mass is 310 g/mol. The molecule has 0 atom stereocenters. The van der Waals surface area contributed by atoms with Crippen LogP contribution in [0.5, 0.6) is 11.5 Å². The van der Waals surface area contributed by atoms with Crippen molar-refractivity contribution in [3.8, 4) is 22.8 Å². The SMILES string of the molecule is COc1cc(-c2nc(C)[nH]c2Br)c(OC)cc1C. The second kappa shape index (κ2) is 5.02. The first-order chi connectivity index (χ1) is 8.56. The molecule has 0 amide bonds. The Morgan fingerprint density at radius 2 is 1.78 bits per heavy atom. The number of H-pyrrole nitrogens is 1. The molecule has 1 N–H and O–H groups in total. The van der Waals surface area contributed by atoms with Gasteiger partial charge in [0.1, 0.15) is 27.6 Å². The molecular formula is C13H15BrN2O2. The molecule has 2 rings (SSSR count). The quantitative estimate of drug-likeness (QED) is 0.944. The molecule has 0 spiro atoms. The zero-order chi connectivity index (χ0) is 13.3. The van der Waals surface area contributed by atoms with Crippen molar-refractivity contribution in [1.29, 1.82) is 0 Å². The van der Waals surface area contributed by atoms with E-state index in [2.05, 4.69) is 25.9 Å². The molecular weight excluding hydrogens is 296 g/mol. The van der Waals surface area contributed by atoms with Gasteiger partial charge >= 0.3 is 0 Å². The third-order valence-corrected chi connectivity index (χ3v) is 3.32. The van der Waals surface area contributed by atoms with Crippen LogP contribution >= 0.6 is 15.9 Å². The molecule has 96 valence electrons. The molecule has 0 saturated heterocycles. The van der Waals surface area contributed by atoms with Crippen molar-refractivity contribution in [1.82, 2.24) is 9.97 Å². The number of hydrogen-bond acceptors (Lipinski definition) is 3. The number of benzene rings is 1. The molecule has 0 radical (unpaired) electrons. The van der Waals surface area contributed by atoms with Crippen LogP contribution in [0.3, 0.4) is 0 Å². The Balaban J connectivity index is 2.65. The molecule has 0 unspecified atom stereocenters. The number of hydrogen-bond donors (Lipinski definition) is 1. The summed E-state index contributed by atoms with van der Waals surface area (Å²) in [6, 6.07) is 3.89. The van der Waals surface area contributed by atoms with Gasteiger partial charge in [0.15, 0.2) is 0 Å². The first-order valence-electron chi connectivity index (χ1n) is 5.52. The molecule has 1 aromatic carbocycles. The Morgan fingerprint density at radius 3 is 2.28 bits per heavy atom. The fourth-order valence-corrected chi connectivity index (χ4v) is 2.47. The zero-order valence-corrected chi connectivity index (χ0v) is 12.4. The van der Waals surface area contributed by atoms with Crippen molar-refractivity contribution in [3.63, 3.8) is 0 Å². The highest BCUT2D eigenvalue weighted by Gasteiger charge is 2.16. The summed E-state index contributed by atoms with van der Waals surface area (Å²) in [6.07, 6.45) is 0. The highest BCUT2D eigenvalue weighted by molar-refractivity contribution is 9.10. The molecule has 5 heteroatoms. The van der Waals surface area contributed by atoms with E-state index in [1.54, 1.807) is 14.2 Å². The van der Waals surface area contributed by atoms with Gasteiger partial charge in [-0.3, -0.25) is 0 Å². The van der Waals surface area contributed by atoms with Gasteiger partial charge in [-0.1, -0.05) is 0 Å². The Bertz CT molecular complexity index is 579. The lowest BCUT2D eigenvalue weighted by atomic mass is 10.1. The van der Waals surface area contributed by atoms with Crippen molar-refractivity contribution in [3.05, 3.63) is 28.1 Å². The van der Waals surface area contributed by atoms with Crippen LogP contribution in [0.25, 0.3) is 11.3 Å². The molecule has 0 aliphatic carbocycles. The van der Waals surface area contributed by atoms with Crippen LogP contribution in [0.1, 0.15) is 11.4 Å². The average molecular weight is 311 g/mol. The van der Waals surface area contributed by atoms with Gasteiger partial charge in [0.2, 0.25) is 0 Å². The van der Waals surface area contributed by atoms with Crippen LogP contribution < -0.4 is 9.47 Å². The van der Waals surface area contributed by atoms with Gasteiger partial charge in [0, 0.05) is 5.56 Å². The zero-order valence-electron chi connectivity index (χ0n) is 10.8. The van der Waals surface area contributed by atoms with Crippen molar-refractivity contribution < 1.29 is 9.47 Å². The largest absolute Gasteiger partial charge is 0.496 e. The van der Waals surface area contributed by atoms with Gasteiger partial charge in [-0.05, 0) is 47.5 Å². The number of aromatic nitrogens is 2. The first kappa shape index (κ1) is 13.0. The third kappa shape index (κ3) is 2.22. The molecule has 4 nitrogen and oxygen atoms in total. The third-order valence-electron chi connectivity index (χ3n) is 2.75. The van der Waals surface area contributed by atoms with Gasteiger partial charge in [-0.15, -0.1) is 0 Å². The van der Waals surface area contributed by atoms with Crippen molar-refractivity contribution in [2.75, 3.05) is 14.2 Å². The lowest BCUT2D eigenvalue weighted by Crippen LogP contribution is -1.94. The highest BCUT2D eigenvalue weighted by Crippen LogP contribution is 2.37. The van der Waals surface area contributed by atoms with E-state index in [9.17, 15) is 0 Å². The molecule has 0 bridgehead atoms. The number of aromatic amines is 1. The van der Waals surface area contributed by atoms with E-state index in [-0.39, 0.29) is 0 Å². The standard InChI is InChI=1S/C13H15BrN2O2/c1-7-5-11(18-4)9(6-10(7)17-3)12-13(14)16-8(2)15-12/h5-6H,1-4H3,(H,15,16). The number of rotatable bonds is 3. The maximum Gasteiger partial charge on any atom is 0.128 e. The predicted octanol–water partition coefficient (Wildman–Crippen LogP) is 3.47. The molecule has 0 aliphatic heterocycles. The molecule has 0 aliphatic rings. The summed E-state index contributed by atoms with van der Waals surface area (Å²) in [5, 5.41) is 0. The summed E-state index contributed by atoms with van der Waals surface area (Å²) >= 11 is 3.47. The summed E-state index contributed by atoms with van der Waals surface area (Å²) in [6.45, 7) is 3.89. The fourth-order valence-electron chi connectivity index (χ4n) is 1.88. The fraction of sp³-hybridized carbons (Fsp3) is 0.308. The van der Waals surface area contributed by atoms with E-state index >= 15 is 0 Å². The minimum absolute atomic E-state index is 0.778. The number of aryl methyl sites for hydroxylation is 2. The second-order valence-corrected chi connectivity index (χ2v) is 4.80. The lowest BCUT2D eigenvalue weighted by molar-refractivity contribution is 0.401. The normalized spacial score (nSPS) is 10.5.